The van der Waals surface area contributed by atoms with Crippen molar-refractivity contribution in [2.24, 2.45) is 0 Å². The highest BCUT2D eigenvalue weighted by atomic mass is 32.1. The monoisotopic (exact) mass is 398 g/mol. The number of benzene rings is 1. The van der Waals surface area contributed by atoms with E-state index in [-0.39, 0.29) is 6.10 Å². The molecule has 0 radical (unpaired) electrons. The summed E-state index contributed by atoms with van der Waals surface area (Å²) in [6.07, 6.45) is 5.24. The fraction of sp³-hybridized carbons (Fsp3) is 0.500. The third-order valence-corrected chi connectivity index (χ3v) is 6.63. The molecule has 3 fully saturated rings. The molecule has 0 aliphatic carbocycles. The van der Waals surface area contributed by atoms with Gasteiger partial charge < -0.3 is 24.1 Å². The Bertz CT molecular complexity index is 971. The minimum absolute atomic E-state index is 0.0732. The van der Waals surface area contributed by atoms with Crippen LogP contribution in [0.15, 0.2) is 28.1 Å². The Balaban J connectivity index is 1.42. The van der Waals surface area contributed by atoms with Crippen LogP contribution in [0.1, 0.15) is 19.3 Å². The molecule has 8 heteroatoms. The highest BCUT2D eigenvalue weighted by Gasteiger charge is 2.34. The van der Waals surface area contributed by atoms with Crippen molar-refractivity contribution < 1.29 is 13.9 Å². The van der Waals surface area contributed by atoms with E-state index in [1.807, 2.05) is 23.7 Å². The van der Waals surface area contributed by atoms with Gasteiger partial charge in [-0.1, -0.05) is 0 Å². The Morgan fingerprint density at radius 1 is 1.18 bits per heavy atom. The Labute approximate surface area is 166 Å². The summed E-state index contributed by atoms with van der Waals surface area (Å²) in [5, 5.41) is 6.57. The first kappa shape index (κ1) is 16.8. The van der Waals surface area contributed by atoms with E-state index in [1.165, 1.54) is 12.8 Å². The number of hydrogen-bond acceptors (Lipinski definition) is 8. The van der Waals surface area contributed by atoms with Gasteiger partial charge in [-0.2, -0.15) is 4.98 Å². The van der Waals surface area contributed by atoms with Crippen molar-refractivity contribution in [1.82, 2.24) is 15.3 Å². The van der Waals surface area contributed by atoms with Gasteiger partial charge in [-0.25, -0.2) is 4.98 Å². The third-order valence-electron chi connectivity index (χ3n) is 5.83. The lowest BCUT2D eigenvalue weighted by Gasteiger charge is -2.31. The molecule has 5 heterocycles. The van der Waals surface area contributed by atoms with Crippen LogP contribution in [0.25, 0.3) is 21.7 Å². The van der Waals surface area contributed by atoms with Crippen molar-refractivity contribution in [3.05, 3.63) is 23.7 Å². The number of ether oxygens (including phenoxy) is 2. The second-order valence-corrected chi connectivity index (χ2v) is 8.66. The summed E-state index contributed by atoms with van der Waals surface area (Å²) in [6.45, 7) is 3.24. The molecule has 7 nitrogen and oxygen atoms in total. The van der Waals surface area contributed by atoms with Crippen LogP contribution >= 0.6 is 11.3 Å². The number of thiazole rings is 1. The first-order chi connectivity index (χ1) is 13.8. The van der Waals surface area contributed by atoms with Crippen molar-refractivity contribution in [3.8, 4) is 16.3 Å². The second kappa shape index (κ2) is 6.72. The van der Waals surface area contributed by atoms with Gasteiger partial charge in [0.25, 0.3) is 6.01 Å². The SMILES string of the molecule is c1csc(-c2ccc(OC3CCOC3)c3nc(N4CC5CCC(C4)N5)oc23)n1. The zero-order chi connectivity index (χ0) is 18.5. The van der Waals surface area contributed by atoms with Crippen molar-refractivity contribution in [1.29, 1.82) is 0 Å². The summed E-state index contributed by atoms with van der Waals surface area (Å²) >= 11 is 1.60. The molecule has 2 aromatic heterocycles. The van der Waals surface area contributed by atoms with Crippen molar-refractivity contribution >= 4 is 28.5 Å². The standard InChI is InChI=1S/C20H22N4O3S/c1-2-13-10-24(9-12(1)22-13)20-23-17-16(26-14-5-7-25-11-14)4-3-15(18(17)27-20)19-21-6-8-28-19/h3-4,6,8,12-14,22H,1-2,5,7,9-11H2. The molecule has 3 saturated heterocycles. The van der Waals surface area contributed by atoms with Gasteiger partial charge in [0.05, 0.1) is 18.8 Å². The predicted molar refractivity (Wildman–Crippen MR) is 107 cm³/mol. The molecule has 3 aliphatic heterocycles. The number of aromatic nitrogens is 2. The van der Waals surface area contributed by atoms with Crippen molar-refractivity contribution in [3.63, 3.8) is 0 Å². The smallest absolute Gasteiger partial charge is 0.298 e. The fourth-order valence-corrected chi connectivity index (χ4v) is 5.13. The average molecular weight is 398 g/mol. The average Bonchev–Trinajstić information content (AvgIpc) is 3.50. The number of fused-ring (bicyclic) bond motifs is 3. The number of hydrogen-bond donors (Lipinski definition) is 1. The summed E-state index contributed by atoms with van der Waals surface area (Å²) in [5.41, 5.74) is 2.50. The van der Waals surface area contributed by atoms with E-state index in [0.717, 1.165) is 53.5 Å². The lowest BCUT2D eigenvalue weighted by atomic mass is 10.2. The van der Waals surface area contributed by atoms with E-state index in [2.05, 4.69) is 15.2 Å². The summed E-state index contributed by atoms with van der Waals surface area (Å²) in [7, 11) is 0. The Morgan fingerprint density at radius 2 is 2.07 bits per heavy atom. The van der Waals surface area contributed by atoms with E-state index in [4.69, 9.17) is 18.9 Å². The van der Waals surface area contributed by atoms with Gasteiger partial charge in [0.15, 0.2) is 11.1 Å². The molecule has 146 valence electrons. The zero-order valence-electron chi connectivity index (χ0n) is 15.5. The minimum Gasteiger partial charge on any atom is -0.486 e. The third kappa shape index (κ3) is 2.87. The molecule has 3 aliphatic rings. The van der Waals surface area contributed by atoms with Crippen LogP contribution in [-0.2, 0) is 4.74 Å². The number of piperazine rings is 1. The quantitative estimate of drug-likeness (QED) is 0.724. The van der Waals surface area contributed by atoms with Gasteiger partial charge in [-0.15, -0.1) is 11.3 Å². The molecule has 28 heavy (non-hydrogen) atoms. The van der Waals surface area contributed by atoms with Gasteiger partial charge >= 0.3 is 0 Å². The molecule has 0 saturated carbocycles. The molecule has 0 spiro atoms. The predicted octanol–water partition coefficient (Wildman–Crippen LogP) is 3.06. The van der Waals surface area contributed by atoms with E-state index >= 15 is 0 Å². The molecule has 2 bridgehead atoms. The maximum Gasteiger partial charge on any atom is 0.298 e. The van der Waals surface area contributed by atoms with Crippen molar-refractivity contribution in [2.45, 2.75) is 37.5 Å². The number of oxazole rings is 1. The Kier molecular flexibility index (Phi) is 4.02. The highest BCUT2D eigenvalue weighted by Crippen LogP contribution is 2.39. The van der Waals surface area contributed by atoms with E-state index in [9.17, 15) is 0 Å². The summed E-state index contributed by atoms with van der Waals surface area (Å²) in [4.78, 5) is 11.6. The van der Waals surface area contributed by atoms with E-state index < -0.39 is 0 Å². The zero-order valence-corrected chi connectivity index (χ0v) is 16.3. The minimum atomic E-state index is 0.0732. The number of nitrogens with zero attached hydrogens (tertiary/aromatic N) is 3. The van der Waals surface area contributed by atoms with Gasteiger partial charge in [0.2, 0.25) is 0 Å². The maximum absolute atomic E-state index is 6.33. The normalized spacial score (nSPS) is 27.0. The second-order valence-electron chi connectivity index (χ2n) is 7.77. The molecular weight excluding hydrogens is 376 g/mol. The molecule has 0 amide bonds. The van der Waals surface area contributed by atoms with Gasteiger partial charge in [-0.05, 0) is 25.0 Å². The summed E-state index contributed by atoms with van der Waals surface area (Å²) in [5.74, 6) is 0.763. The van der Waals surface area contributed by atoms with Crippen LogP contribution in [0.3, 0.4) is 0 Å². The van der Waals surface area contributed by atoms with Crippen LogP contribution in [0.2, 0.25) is 0 Å². The number of rotatable bonds is 4. The first-order valence-corrected chi connectivity index (χ1v) is 10.8. The maximum atomic E-state index is 6.33. The Hall–Kier alpha value is -2.16. The van der Waals surface area contributed by atoms with Gasteiger partial charge in [0.1, 0.15) is 16.9 Å². The van der Waals surface area contributed by atoms with Crippen LogP contribution < -0.4 is 15.0 Å². The van der Waals surface area contributed by atoms with Crippen LogP contribution in [0, 0.1) is 0 Å². The molecule has 6 rings (SSSR count). The number of nitrogens with one attached hydrogen (secondary N) is 1. The van der Waals surface area contributed by atoms with Crippen molar-refractivity contribution in [2.75, 3.05) is 31.2 Å². The number of anilines is 1. The molecule has 1 aromatic carbocycles. The molecule has 1 N–H and O–H groups in total. The summed E-state index contributed by atoms with van der Waals surface area (Å²) < 4.78 is 18.0. The summed E-state index contributed by atoms with van der Waals surface area (Å²) in [6, 6.07) is 5.76. The highest BCUT2D eigenvalue weighted by molar-refractivity contribution is 7.13. The lowest BCUT2D eigenvalue weighted by molar-refractivity contribution is 0.142. The van der Waals surface area contributed by atoms with E-state index in [0.29, 0.717) is 24.7 Å². The fourth-order valence-electron chi connectivity index (χ4n) is 4.47. The molecule has 3 unspecified atom stereocenters. The topological polar surface area (TPSA) is 72.7 Å². The molecule has 3 aromatic rings. The van der Waals surface area contributed by atoms with Crippen LogP contribution in [0.4, 0.5) is 6.01 Å². The lowest BCUT2D eigenvalue weighted by Crippen LogP contribution is -2.51. The van der Waals surface area contributed by atoms with Crippen LogP contribution in [0.5, 0.6) is 5.75 Å². The largest absolute Gasteiger partial charge is 0.486 e. The van der Waals surface area contributed by atoms with Gasteiger partial charge in [-0.3, -0.25) is 0 Å². The van der Waals surface area contributed by atoms with Crippen LogP contribution in [-0.4, -0.2) is 54.5 Å². The molecular formula is C20H22N4O3S. The molecule has 3 atom stereocenters. The first-order valence-electron chi connectivity index (χ1n) is 9.92. The van der Waals surface area contributed by atoms with E-state index in [1.54, 1.807) is 11.3 Å². The van der Waals surface area contributed by atoms with Gasteiger partial charge in [0, 0.05) is 43.2 Å². The Morgan fingerprint density at radius 3 is 2.82 bits per heavy atom.